The van der Waals surface area contributed by atoms with E-state index in [2.05, 4.69) is 21.5 Å². The van der Waals surface area contributed by atoms with Crippen molar-refractivity contribution in [2.45, 2.75) is 25.4 Å². The summed E-state index contributed by atoms with van der Waals surface area (Å²) in [4.78, 5) is 4.20. The Balaban J connectivity index is 1.97. The maximum absolute atomic E-state index is 5.49. The second-order valence-corrected chi connectivity index (χ2v) is 4.82. The van der Waals surface area contributed by atoms with Crippen LogP contribution in [0, 0.1) is 12.3 Å². The van der Waals surface area contributed by atoms with Crippen molar-refractivity contribution in [2.75, 3.05) is 20.8 Å². The number of guanidine groups is 1. The molecule has 0 aliphatic heterocycles. The summed E-state index contributed by atoms with van der Waals surface area (Å²) in [5, 5.41) is 6.62. The summed E-state index contributed by atoms with van der Waals surface area (Å²) in [7, 11) is 3.38. The van der Waals surface area contributed by atoms with Gasteiger partial charge in [0, 0.05) is 19.6 Å². The summed E-state index contributed by atoms with van der Waals surface area (Å²) >= 11 is 0. The predicted octanol–water partition coefficient (Wildman–Crippen LogP) is 1.53. The van der Waals surface area contributed by atoms with E-state index in [4.69, 9.17) is 15.9 Å². The normalized spacial score (nSPS) is 14.2. The van der Waals surface area contributed by atoms with E-state index in [9.17, 15) is 0 Å². The molecule has 0 spiro atoms. The van der Waals surface area contributed by atoms with Crippen LogP contribution in [0.5, 0.6) is 11.5 Å². The minimum Gasteiger partial charge on any atom is -0.493 e. The van der Waals surface area contributed by atoms with Crippen molar-refractivity contribution in [3.05, 3.63) is 23.8 Å². The fourth-order valence-electron chi connectivity index (χ4n) is 1.86. The first kappa shape index (κ1) is 15.0. The van der Waals surface area contributed by atoms with Gasteiger partial charge < -0.3 is 20.1 Å². The first-order valence-corrected chi connectivity index (χ1v) is 6.97. The molecule has 5 heteroatoms. The molecule has 1 fully saturated rings. The molecule has 112 valence electrons. The summed E-state index contributed by atoms with van der Waals surface area (Å²) in [6.07, 6.45) is 7.65. The molecule has 0 atom stereocenters. The number of nitrogens with one attached hydrogen (secondary N) is 2. The van der Waals surface area contributed by atoms with Gasteiger partial charge in [0.2, 0.25) is 0 Å². The van der Waals surface area contributed by atoms with Crippen LogP contribution in [0.4, 0.5) is 0 Å². The smallest absolute Gasteiger partial charge is 0.191 e. The fourth-order valence-corrected chi connectivity index (χ4v) is 1.86. The summed E-state index contributed by atoms with van der Waals surface area (Å²) in [5.74, 6) is 4.60. The van der Waals surface area contributed by atoms with Gasteiger partial charge >= 0.3 is 0 Å². The van der Waals surface area contributed by atoms with Crippen molar-refractivity contribution in [1.29, 1.82) is 0 Å². The predicted molar refractivity (Wildman–Crippen MR) is 83.7 cm³/mol. The second-order valence-electron chi connectivity index (χ2n) is 4.82. The number of ether oxygens (including phenoxy) is 2. The molecule has 0 saturated heterocycles. The van der Waals surface area contributed by atoms with E-state index in [-0.39, 0.29) is 6.61 Å². The highest BCUT2D eigenvalue weighted by atomic mass is 16.5. The molecule has 1 aliphatic rings. The summed E-state index contributed by atoms with van der Waals surface area (Å²) in [6, 6.07) is 6.36. The van der Waals surface area contributed by atoms with Gasteiger partial charge in [-0.05, 0) is 30.5 Å². The molecule has 1 aromatic carbocycles. The molecule has 21 heavy (non-hydrogen) atoms. The zero-order chi connectivity index (χ0) is 15.1. The van der Waals surface area contributed by atoms with Crippen molar-refractivity contribution in [2.24, 2.45) is 4.99 Å². The van der Waals surface area contributed by atoms with Crippen molar-refractivity contribution in [1.82, 2.24) is 10.6 Å². The quantitative estimate of drug-likeness (QED) is 0.473. The second kappa shape index (κ2) is 7.44. The van der Waals surface area contributed by atoms with E-state index < -0.39 is 0 Å². The molecular formula is C16H21N3O2. The van der Waals surface area contributed by atoms with Gasteiger partial charge in [0.15, 0.2) is 17.5 Å². The number of methoxy groups -OCH3 is 1. The van der Waals surface area contributed by atoms with E-state index in [0.29, 0.717) is 24.1 Å². The van der Waals surface area contributed by atoms with Crippen LogP contribution in [0.15, 0.2) is 23.2 Å². The van der Waals surface area contributed by atoms with Gasteiger partial charge in [-0.1, -0.05) is 12.0 Å². The molecule has 0 heterocycles. The average Bonchev–Trinajstić information content (AvgIpc) is 3.33. The van der Waals surface area contributed by atoms with E-state index in [1.165, 1.54) is 12.8 Å². The summed E-state index contributed by atoms with van der Waals surface area (Å²) in [5.41, 5.74) is 1.07. The number of aliphatic imine (C=N–C) groups is 1. The molecule has 2 rings (SSSR count). The van der Waals surface area contributed by atoms with E-state index in [1.807, 2.05) is 18.2 Å². The monoisotopic (exact) mass is 287 g/mol. The van der Waals surface area contributed by atoms with E-state index >= 15 is 0 Å². The van der Waals surface area contributed by atoms with Gasteiger partial charge in [-0.2, -0.15) is 0 Å². The van der Waals surface area contributed by atoms with Gasteiger partial charge in [-0.3, -0.25) is 4.99 Å². The lowest BCUT2D eigenvalue weighted by Gasteiger charge is -2.13. The third-order valence-corrected chi connectivity index (χ3v) is 3.14. The van der Waals surface area contributed by atoms with Crippen molar-refractivity contribution >= 4 is 5.96 Å². The Morgan fingerprint density at radius 1 is 1.43 bits per heavy atom. The number of benzene rings is 1. The fraction of sp³-hybridized carbons (Fsp3) is 0.438. The SMILES string of the molecule is C#CCOc1cc(CNC(=NC)NC2CC2)ccc1OC. The number of rotatable bonds is 6. The number of hydrogen-bond donors (Lipinski definition) is 2. The van der Waals surface area contributed by atoms with E-state index in [1.54, 1.807) is 14.2 Å². The van der Waals surface area contributed by atoms with Gasteiger partial charge in [0.05, 0.1) is 7.11 Å². The lowest BCUT2D eigenvalue weighted by molar-refractivity contribution is 0.330. The Bertz CT molecular complexity index is 545. The number of terminal acetylenes is 1. The average molecular weight is 287 g/mol. The van der Waals surface area contributed by atoms with Gasteiger partial charge in [0.25, 0.3) is 0 Å². The molecule has 2 N–H and O–H groups in total. The van der Waals surface area contributed by atoms with Crippen molar-refractivity contribution < 1.29 is 9.47 Å². The highest BCUT2D eigenvalue weighted by Crippen LogP contribution is 2.28. The molecule has 0 bridgehead atoms. The van der Waals surface area contributed by atoms with Crippen LogP contribution in [0.3, 0.4) is 0 Å². The van der Waals surface area contributed by atoms with Crippen LogP contribution in [-0.2, 0) is 6.54 Å². The Kier molecular flexibility index (Phi) is 5.33. The first-order valence-electron chi connectivity index (χ1n) is 6.97. The molecule has 0 amide bonds. The molecule has 0 radical (unpaired) electrons. The maximum Gasteiger partial charge on any atom is 0.191 e. The molecule has 1 saturated carbocycles. The van der Waals surface area contributed by atoms with Crippen LogP contribution in [0.1, 0.15) is 18.4 Å². The number of nitrogens with zero attached hydrogens (tertiary/aromatic N) is 1. The zero-order valence-electron chi connectivity index (χ0n) is 12.5. The van der Waals surface area contributed by atoms with Gasteiger partial charge in [-0.25, -0.2) is 0 Å². The van der Waals surface area contributed by atoms with Crippen LogP contribution < -0.4 is 20.1 Å². The standard InChI is InChI=1S/C16H21N3O2/c1-4-9-21-15-10-12(5-8-14(15)20-3)11-18-16(17-2)19-13-6-7-13/h1,5,8,10,13H,6-7,9,11H2,2-3H3,(H2,17,18,19). The molecule has 0 aromatic heterocycles. The highest BCUT2D eigenvalue weighted by molar-refractivity contribution is 5.80. The van der Waals surface area contributed by atoms with Crippen LogP contribution in [0.2, 0.25) is 0 Å². The summed E-state index contributed by atoms with van der Waals surface area (Å²) in [6.45, 7) is 0.876. The number of hydrogen-bond acceptors (Lipinski definition) is 3. The lowest BCUT2D eigenvalue weighted by atomic mass is 10.2. The minimum absolute atomic E-state index is 0.220. The van der Waals surface area contributed by atoms with Crippen molar-refractivity contribution in [3.8, 4) is 23.8 Å². The van der Waals surface area contributed by atoms with Crippen LogP contribution >= 0.6 is 0 Å². The molecule has 0 unspecified atom stereocenters. The highest BCUT2D eigenvalue weighted by Gasteiger charge is 2.22. The topological polar surface area (TPSA) is 54.9 Å². The lowest BCUT2D eigenvalue weighted by Crippen LogP contribution is -2.38. The Morgan fingerprint density at radius 2 is 2.24 bits per heavy atom. The summed E-state index contributed by atoms with van der Waals surface area (Å²) < 4.78 is 10.7. The first-order chi connectivity index (χ1) is 10.3. The molecule has 5 nitrogen and oxygen atoms in total. The third-order valence-electron chi connectivity index (χ3n) is 3.14. The Labute approximate surface area is 125 Å². The molecule has 1 aromatic rings. The van der Waals surface area contributed by atoms with Crippen LogP contribution in [0.25, 0.3) is 0 Å². The minimum atomic E-state index is 0.220. The Morgan fingerprint density at radius 3 is 2.86 bits per heavy atom. The molecular weight excluding hydrogens is 266 g/mol. The Hall–Kier alpha value is -2.35. The molecule has 1 aliphatic carbocycles. The largest absolute Gasteiger partial charge is 0.493 e. The maximum atomic E-state index is 5.49. The van der Waals surface area contributed by atoms with Crippen molar-refractivity contribution in [3.63, 3.8) is 0 Å². The third kappa shape index (κ3) is 4.60. The zero-order valence-corrected chi connectivity index (χ0v) is 12.5. The van der Waals surface area contributed by atoms with Crippen LogP contribution in [-0.4, -0.2) is 32.8 Å². The van der Waals surface area contributed by atoms with E-state index in [0.717, 1.165) is 11.5 Å². The van der Waals surface area contributed by atoms with Gasteiger partial charge in [-0.15, -0.1) is 6.42 Å². The van der Waals surface area contributed by atoms with Gasteiger partial charge in [0.1, 0.15) is 6.61 Å².